The second-order valence-corrected chi connectivity index (χ2v) is 7.69. The Hall–Kier alpha value is -1.11. The monoisotopic (exact) mass is 342 g/mol. The van der Waals surface area contributed by atoms with Crippen molar-refractivity contribution in [1.82, 2.24) is 10.2 Å². The molecule has 0 aliphatic heterocycles. The zero-order valence-corrected chi connectivity index (χ0v) is 15.7. The highest BCUT2D eigenvalue weighted by Gasteiger charge is 2.23. The van der Waals surface area contributed by atoms with E-state index in [1.54, 1.807) is 23.2 Å². The summed E-state index contributed by atoms with van der Waals surface area (Å²) >= 11 is 1.73. The summed E-state index contributed by atoms with van der Waals surface area (Å²) in [5.41, 5.74) is -0.537. The summed E-state index contributed by atoms with van der Waals surface area (Å²) in [6.45, 7) is 10.8. The fraction of sp³-hybridized carbons (Fsp3) is 0.706. The minimum absolute atomic E-state index is 0.270. The van der Waals surface area contributed by atoms with Gasteiger partial charge in [0.2, 0.25) is 0 Å². The molecular weight excluding hydrogens is 312 g/mol. The molecule has 6 heteroatoms. The van der Waals surface area contributed by atoms with Crippen molar-refractivity contribution in [1.29, 1.82) is 0 Å². The van der Waals surface area contributed by atoms with E-state index < -0.39 is 11.7 Å². The minimum atomic E-state index is -0.582. The third-order valence-electron chi connectivity index (χ3n) is 3.20. The molecule has 0 bridgehead atoms. The van der Waals surface area contributed by atoms with E-state index in [4.69, 9.17) is 4.74 Å². The Morgan fingerprint density at radius 3 is 2.65 bits per heavy atom. The van der Waals surface area contributed by atoms with Crippen molar-refractivity contribution in [3.8, 4) is 0 Å². The average Bonchev–Trinajstić information content (AvgIpc) is 2.93. The topological polar surface area (TPSA) is 61.8 Å². The maximum Gasteiger partial charge on any atom is 0.410 e. The molecule has 132 valence electrons. The number of ether oxygens (including phenoxy) is 1. The summed E-state index contributed by atoms with van der Waals surface area (Å²) < 4.78 is 5.41. The van der Waals surface area contributed by atoms with Crippen LogP contribution in [0.2, 0.25) is 0 Å². The Labute approximate surface area is 143 Å². The minimum Gasteiger partial charge on any atom is -0.444 e. The van der Waals surface area contributed by atoms with Gasteiger partial charge in [-0.15, -0.1) is 11.3 Å². The molecule has 2 unspecified atom stereocenters. The summed E-state index contributed by atoms with van der Waals surface area (Å²) in [5, 5.41) is 15.1. The highest BCUT2D eigenvalue weighted by atomic mass is 32.1. The quantitative estimate of drug-likeness (QED) is 0.760. The van der Waals surface area contributed by atoms with Crippen molar-refractivity contribution in [2.75, 3.05) is 19.6 Å². The Kier molecular flexibility index (Phi) is 8.02. The second-order valence-electron chi connectivity index (χ2n) is 6.71. The van der Waals surface area contributed by atoms with Crippen LogP contribution in [0.3, 0.4) is 0 Å². The molecule has 23 heavy (non-hydrogen) atoms. The summed E-state index contributed by atoms with van der Waals surface area (Å²) in [4.78, 5) is 15.1. The first kappa shape index (κ1) is 19.9. The van der Waals surface area contributed by atoms with Crippen LogP contribution in [0.25, 0.3) is 0 Å². The summed E-state index contributed by atoms with van der Waals surface area (Å²) in [6.07, 6.45) is 0.0229. The van der Waals surface area contributed by atoms with Gasteiger partial charge in [0, 0.05) is 30.6 Å². The molecule has 1 amide bonds. The summed E-state index contributed by atoms with van der Waals surface area (Å²) in [6, 6.07) is 4.46. The van der Waals surface area contributed by atoms with E-state index in [1.165, 1.54) is 4.88 Å². The number of hydrogen-bond donors (Lipinski definition) is 2. The van der Waals surface area contributed by atoms with Crippen LogP contribution in [0.4, 0.5) is 4.79 Å². The molecule has 1 rings (SSSR count). The highest BCUT2D eigenvalue weighted by molar-refractivity contribution is 7.10. The lowest BCUT2D eigenvalue weighted by Crippen LogP contribution is -2.43. The van der Waals surface area contributed by atoms with Crippen LogP contribution in [0.15, 0.2) is 17.5 Å². The Balaban J connectivity index is 2.55. The van der Waals surface area contributed by atoms with Gasteiger partial charge in [0.15, 0.2) is 0 Å². The molecule has 0 aromatic carbocycles. The Morgan fingerprint density at radius 2 is 2.17 bits per heavy atom. The first-order valence-corrected chi connectivity index (χ1v) is 9.03. The second kappa shape index (κ2) is 9.25. The van der Waals surface area contributed by atoms with Crippen LogP contribution in [0, 0.1) is 0 Å². The number of aliphatic hydroxyl groups excluding tert-OH is 1. The molecular formula is C17H30N2O3S. The number of aliphatic hydroxyl groups is 1. The van der Waals surface area contributed by atoms with E-state index in [1.807, 2.05) is 26.8 Å². The number of carbonyl (C=O) groups excluding carboxylic acids is 1. The molecule has 1 aromatic rings. The zero-order chi connectivity index (χ0) is 17.5. The normalized spacial score (nSPS) is 14.3. The average molecular weight is 343 g/mol. The molecule has 0 aliphatic carbocycles. The van der Waals surface area contributed by atoms with Crippen LogP contribution < -0.4 is 5.32 Å². The molecule has 0 fully saturated rings. The van der Waals surface area contributed by atoms with E-state index >= 15 is 0 Å². The van der Waals surface area contributed by atoms with Gasteiger partial charge in [-0.1, -0.05) is 13.0 Å². The molecule has 5 nitrogen and oxygen atoms in total. The standard InChI is InChI=1S/C17H30N2O3S/c1-6-14(15-8-7-11-23-15)18-9-10-19(12-13(2)20)16(21)22-17(3,4)5/h7-8,11,13-14,18,20H,6,9-10,12H2,1-5H3. The smallest absolute Gasteiger partial charge is 0.410 e. The van der Waals surface area contributed by atoms with Crippen molar-refractivity contribution < 1.29 is 14.6 Å². The van der Waals surface area contributed by atoms with Gasteiger partial charge in [0.25, 0.3) is 0 Å². The van der Waals surface area contributed by atoms with Gasteiger partial charge < -0.3 is 20.1 Å². The van der Waals surface area contributed by atoms with E-state index in [9.17, 15) is 9.90 Å². The molecule has 0 saturated carbocycles. The van der Waals surface area contributed by atoms with Crippen LogP contribution in [-0.2, 0) is 4.74 Å². The molecule has 1 heterocycles. The van der Waals surface area contributed by atoms with Crippen molar-refractivity contribution in [3.63, 3.8) is 0 Å². The number of nitrogens with one attached hydrogen (secondary N) is 1. The van der Waals surface area contributed by atoms with Gasteiger partial charge in [-0.25, -0.2) is 4.79 Å². The fourth-order valence-electron chi connectivity index (χ4n) is 2.21. The lowest BCUT2D eigenvalue weighted by Gasteiger charge is -2.29. The number of nitrogens with zero attached hydrogens (tertiary/aromatic N) is 1. The third kappa shape index (κ3) is 7.81. The van der Waals surface area contributed by atoms with Gasteiger partial charge in [-0.05, 0) is 45.6 Å². The molecule has 2 atom stereocenters. The van der Waals surface area contributed by atoms with Crippen molar-refractivity contribution in [2.45, 2.75) is 58.8 Å². The van der Waals surface area contributed by atoms with Gasteiger partial charge in [-0.3, -0.25) is 0 Å². The van der Waals surface area contributed by atoms with E-state index in [-0.39, 0.29) is 12.6 Å². The van der Waals surface area contributed by atoms with Gasteiger partial charge in [0.1, 0.15) is 5.60 Å². The largest absolute Gasteiger partial charge is 0.444 e. The third-order valence-corrected chi connectivity index (χ3v) is 4.19. The van der Waals surface area contributed by atoms with E-state index in [2.05, 4.69) is 23.7 Å². The Morgan fingerprint density at radius 1 is 1.48 bits per heavy atom. The van der Waals surface area contributed by atoms with Crippen LogP contribution in [-0.4, -0.2) is 47.4 Å². The van der Waals surface area contributed by atoms with Gasteiger partial charge >= 0.3 is 6.09 Å². The lowest BCUT2D eigenvalue weighted by molar-refractivity contribution is 0.0163. The molecule has 0 aliphatic rings. The van der Waals surface area contributed by atoms with Crippen LogP contribution in [0.5, 0.6) is 0 Å². The van der Waals surface area contributed by atoms with Gasteiger partial charge in [-0.2, -0.15) is 0 Å². The van der Waals surface area contributed by atoms with Crippen molar-refractivity contribution in [2.24, 2.45) is 0 Å². The van der Waals surface area contributed by atoms with Crippen molar-refractivity contribution >= 4 is 17.4 Å². The number of hydrogen-bond acceptors (Lipinski definition) is 5. The highest BCUT2D eigenvalue weighted by Crippen LogP contribution is 2.21. The maximum absolute atomic E-state index is 12.2. The number of carbonyl (C=O) groups is 1. The first-order valence-electron chi connectivity index (χ1n) is 8.15. The first-order chi connectivity index (χ1) is 10.7. The predicted octanol–water partition coefficient (Wildman–Crippen LogP) is 3.41. The molecule has 0 radical (unpaired) electrons. The predicted molar refractivity (Wildman–Crippen MR) is 94.8 cm³/mol. The van der Waals surface area contributed by atoms with Crippen LogP contribution in [0.1, 0.15) is 52.0 Å². The fourth-order valence-corrected chi connectivity index (χ4v) is 3.10. The van der Waals surface area contributed by atoms with Crippen LogP contribution >= 0.6 is 11.3 Å². The SMILES string of the molecule is CCC(NCCN(CC(C)O)C(=O)OC(C)(C)C)c1cccs1. The maximum atomic E-state index is 12.2. The molecule has 1 aromatic heterocycles. The summed E-state index contributed by atoms with van der Waals surface area (Å²) in [7, 11) is 0. The number of thiophene rings is 1. The van der Waals surface area contributed by atoms with Gasteiger partial charge in [0.05, 0.1) is 6.10 Å². The lowest BCUT2D eigenvalue weighted by atomic mass is 10.2. The molecule has 2 N–H and O–H groups in total. The summed E-state index contributed by atoms with van der Waals surface area (Å²) in [5.74, 6) is 0. The van der Waals surface area contributed by atoms with Crippen molar-refractivity contribution in [3.05, 3.63) is 22.4 Å². The number of amides is 1. The number of rotatable bonds is 8. The molecule has 0 saturated heterocycles. The zero-order valence-electron chi connectivity index (χ0n) is 14.8. The van der Waals surface area contributed by atoms with E-state index in [0.717, 1.165) is 6.42 Å². The molecule has 0 spiro atoms. The Bertz CT molecular complexity index is 455. The van der Waals surface area contributed by atoms with E-state index in [0.29, 0.717) is 19.1 Å².